The topological polar surface area (TPSA) is 21.3 Å². The van der Waals surface area contributed by atoms with E-state index in [2.05, 4.69) is 5.32 Å². The molecule has 1 N–H and O–H groups in total. The van der Waals surface area contributed by atoms with Crippen LogP contribution in [0.1, 0.15) is 5.56 Å². The van der Waals surface area contributed by atoms with E-state index in [1.807, 2.05) is 13.3 Å². The van der Waals surface area contributed by atoms with Gasteiger partial charge in [-0.05, 0) is 44.0 Å². The largest absolute Gasteiger partial charge is 0.495 e. The average Bonchev–Trinajstić information content (AvgIpc) is 2.25. The van der Waals surface area contributed by atoms with Gasteiger partial charge >= 0.3 is 0 Å². The molecule has 0 aliphatic heterocycles. The van der Waals surface area contributed by atoms with Crippen molar-refractivity contribution in [3.05, 3.63) is 23.5 Å². The molecular formula is C11H16FNOS. The predicted octanol–water partition coefficient (Wildman–Crippen LogP) is 2.32. The van der Waals surface area contributed by atoms with Gasteiger partial charge in [0.25, 0.3) is 0 Å². The fourth-order valence-corrected chi connectivity index (χ4v) is 2.08. The average molecular weight is 229 g/mol. The van der Waals surface area contributed by atoms with Gasteiger partial charge in [0.05, 0.1) is 12.0 Å². The summed E-state index contributed by atoms with van der Waals surface area (Å²) in [6.07, 6.45) is 2.68. The first kappa shape index (κ1) is 12.3. The molecule has 0 aliphatic rings. The van der Waals surface area contributed by atoms with Gasteiger partial charge < -0.3 is 10.1 Å². The smallest absolute Gasteiger partial charge is 0.135 e. The second-order valence-electron chi connectivity index (χ2n) is 3.15. The maximum absolute atomic E-state index is 13.3. The van der Waals surface area contributed by atoms with Crippen molar-refractivity contribution in [2.24, 2.45) is 0 Å². The first-order valence-corrected chi connectivity index (χ1v) is 6.00. The summed E-state index contributed by atoms with van der Waals surface area (Å²) in [6.45, 7) is 0.813. The monoisotopic (exact) mass is 229 g/mol. The second kappa shape index (κ2) is 5.98. The van der Waals surface area contributed by atoms with Gasteiger partial charge in [-0.2, -0.15) is 0 Å². The first-order valence-electron chi connectivity index (χ1n) is 4.78. The summed E-state index contributed by atoms with van der Waals surface area (Å²) in [6, 6.07) is 3.04. The molecule has 0 fully saturated rings. The minimum Gasteiger partial charge on any atom is -0.495 e. The lowest BCUT2D eigenvalue weighted by Gasteiger charge is -2.12. The number of thioether (sulfide) groups is 1. The van der Waals surface area contributed by atoms with Gasteiger partial charge in [-0.15, -0.1) is 11.8 Å². The lowest BCUT2D eigenvalue weighted by atomic mass is 10.1. The van der Waals surface area contributed by atoms with E-state index in [0.717, 1.165) is 29.2 Å². The fraction of sp³-hybridized carbons (Fsp3) is 0.455. The molecule has 0 heterocycles. The van der Waals surface area contributed by atoms with Gasteiger partial charge in [0.2, 0.25) is 0 Å². The number of likely N-dealkylation sites (N-methyl/N-ethyl adjacent to an activating group) is 1. The SMILES string of the molecule is CNCCc1cc(F)cc(SC)c1OC. The first-order chi connectivity index (χ1) is 7.22. The number of hydrogen-bond donors (Lipinski definition) is 1. The molecule has 0 amide bonds. The highest BCUT2D eigenvalue weighted by Gasteiger charge is 2.10. The van der Waals surface area contributed by atoms with Crippen LogP contribution in [-0.4, -0.2) is 27.0 Å². The molecule has 4 heteroatoms. The summed E-state index contributed by atoms with van der Waals surface area (Å²) in [4.78, 5) is 0.851. The van der Waals surface area contributed by atoms with Crippen molar-refractivity contribution >= 4 is 11.8 Å². The molecule has 0 unspecified atom stereocenters. The normalized spacial score (nSPS) is 10.4. The van der Waals surface area contributed by atoms with E-state index in [0.29, 0.717) is 0 Å². The zero-order valence-corrected chi connectivity index (χ0v) is 10.1. The third kappa shape index (κ3) is 3.11. The molecule has 0 spiro atoms. The number of rotatable bonds is 5. The van der Waals surface area contributed by atoms with Crippen molar-refractivity contribution in [1.82, 2.24) is 5.32 Å². The second-order valence-corrected chi connectivity index (χ2v) is 4.00. The van der Waals surface area contributed by atoms with Gasteiger partial charge in [-0.1, -0.05) is 0 Å². The summed E-state index contributed by atoms with van der Waals surface area (Å²) in [5.74, 6) is 0.588. The molecule has 0 saturated heterocycles. The molecule has 0 bridgehead atoms. The summed E-state index contributed by atoms with van der Waals surface area (Å²) in [5, 5.41) is 3.04. The fourth-order valence-electron chi connectivity index (χ4n) is 1.45. The Morgan fingerprint density at radius 1 is 1.47 bits per heavy atom. The molecule has 0 radical (unpaired) electrons. The minimum absolute atomic E-state index is 0.203. The molecule has 0 aromatic heterocycles. The number of benzene rings is 1. The third-order valence-electron chi connectivity index (χ3n) is 2.16. The highest BCUT2D eigenvalue weighted by molar-refractivity contribution is 7.98. The molecule has 1 rings (SSSR count). The van der Waals surface area contributed by atoms with Crippen molar-refractivity contribution in [2.45, 2.75) is 11.3 Å². The molecule has 1 aromatic rings. The van der Waals surface area contributed by atoms with E-state index < -0.39 is 0 Å². The van der Waals surface area contributed by atoms with Crippen LogP contribution in [0.2, 0.25) is 0 Å². The Morgan fingerprint density at radius 3 is 2.73 bits per heavy atom. The molecule has 84 valence electrons. The maximum Gasteiger partial charge on any atom is 0.135 e. The molecular weight excluding hydrogens is 213 g/mol. The Morgan fingerprint density at radius 2 is 2.20 bits per heavy atom. The van der Waals surface area contributed by atoms with Crippen molar-refractivity contribution in [3.63, 3.8) is 0 Å². The third-order valence-corrected chi connectivity index (χ3v) is 2.91. The van der Waals surface area contributed by atoms with Gasteiger partial charge in [0.15, 0.2) is 0 Å². The Kier molecular flexibility index (Phi) is 4.91. The zero-order valence-electron chi connectivity index (χ0n) is 9.26. The van der Waals surface area contributed by atoms with Gasteiger partial charge in [0.1, 0.15) is 11.6 Å². The number of methoxy groups -OCH3 is 1. The van der Waals surface area contributed by atoms with Crippen molar-refractivity contribution < 1.29 is 9.13 Å². The molecule has 2 nitrogen and oxygen atoms in total. The molecule has 0 aliphatic carbocycles. The van der Waals surface area contributed by atoms with Crippen LogP contribution in [0.4, 0.5) is 4.39 Å². The Labute approximate surface area is 94.2 Å². The number of hydrogen-bond acceptors (Lipinski definition) is 3. The Bertz CT molecular complexity index is 331. The quantitative estimate of drug-likeness (QED) is 0.783. The van der Waals surface area contributed by atoms with E-state index in [9.17, 15) is 4.39 Å². The van der Waals surface area contributed by atoms with Gasteiger partial charge in [0, 0.05) is 0 Å². The molecule has 1 aromatic carbocycles. The van der Waals surface area contributed by atoms with E-state index in [-0.39, 0.29) is 5.82 Å². The van der Waals surface area contributed by atoms with Crippen LogP contribution < -0.4 is 10.1 Å². The van der Waals surface area contributed by atoms with Crippen molar-refractivity contribution in [3.8, 4) is 5.75 Å². The Hall–Kier alpha value is -0.740. The standard InChI is InChI=1S/C11H16FNOS/c1-13-5-4-8-6-9(12)7-10(15-3)11(8)14-2/h6-7,13H,4-5H2,1-3H3. The van der Waals surface area contributed by atoms with Crippen LogP contribution in [0.15, 0.2) is 17.0 Å². The van der Waals surface area contributed by atoms with E-state index in [1.54, 1.807) is 7.11 Å². The highest BCUT2D eigenvalue weighted by atomic mass is 32.2. The van der Waals surface area contributed by atoms with Crippen LogP contribution in [-0.2, 0) is 6.42 Å². The van der Waals surface area contributed by atoms with Crippen LogP contribution in [0.3, 0.4) is 0 Å². The molecule has 15 heavy (non-hydrogen) atoms. The van der Waals surface area contributed by atoms with Crippen LogP contribution in [0.5, 0.6) is 5.75 Å². The van der Waals surface area contributed by atoms with Crippen molar-refractivity contribution in [2.75, 3.05) is 27.0 Å². The summed E-state index contributed by atoms with van der Waals surface area (Å²) in [5.41, 5.74) is 0.913. The summed E-state index contributed by atoms with van der Waals surface area (Å²) >= 11 is 1.50. The maximum atomic E-state index is 13.3. The lowest BCUT2D eigenvalue weighted by molar-refractivity contribution is 0.397. The predicted molar refractivity (Wildman–Crippen MR) is 62.4 cm³/mol. The van der Waals surface area contributed by atoms with Gasteiger partial charge in [-0.25, -0.2) is 4.39 Å². The Balaban J connectivity index is 3.05. The highest BCUT2D eigenvalue weighted by Crippen LogP contribution is 2.32. The molecule has 0 atom stereocenters. The van der Waals surface area contributed by atoms with Crippen LogP contribution in [0.25, 0.3) is 0 Å². The van der Waals surface area contributed by atoms with Crippen LogP contribution in [0, 0.1) is 5.82 Å². The lowest BCUT2D eigenvalue weighted by Crippen LogP contribution is -2.11. The number of ether oxygens (including phenoxy) is 1. The summed E-state index contributed by atoms with van der Waals surface area (Å²) in [7, 11) is 3.50. The van der Waals surface area contributed by atoms with Crippen LogP contribution >= 0.6 is 11.8 Å². The number of halogens is 1. The van der Waals surface area contributed by atoms with E-state index >= 15 is 0 Å². The van der Waals surface area contributed by atoms with E-state index in [1.165, 1.54) is 23.9 Å². The van der Waals surface area contributed by atoms with Crippen molar-refractivity contribution in [1.29, 1.82) is 0 Å². The van der Waals surface area contributed by atoms with E-state index in [4.69, 9.17) is 4.74 Å². The number of nitrogens with one attached hydrogen (secondary N) is 1. The summed E-state index contributed by atoms with van der Waals surface area (Å²) < 4.78 is 18.6. The van der Waals surface area contributed by atoms with Gasteiger partial charge in [-0.3, -0.25) is 0 Å². The minimum atomic E-state index is -0.203. The molecule has 0 saturated carbocycles. The zero-order chi connectivity index (χ0) is 11.3.